The highest BCUT2D eigenvalue weighted by atomic mass is 19.3. The van der Waals surface area contributed by atoms with Crippen LogP contribution >= 0.6 is 0 Å². The molecule has 0 unspecified atom stereocenters. The third-order valence-electron chi connectivity index (χ3n) is 3.36. The third-order valence-corrected chi connectivity index (χ3v) is 3.36. The van der Waals surface area contributed by atoms with Crippen LogP contribution in [0.2, 0.25) is 0 Å². The van der Waals surface area contributed by atoms with Gasteiger partial charge in [-0.2, -0.15) is 5.10 Å². The Morgan fingerprint density at radius 1 is 1.33 bits per heavy atom. The van der Waals surface area contributed by atoms with Gasteiger partial charge in [0, 0.05) is 18.2 Å². The van der Waals surface area contributed by atoms with Crippen molar-refractivity contribution in [2.24, 2.45) is 0 Å². The summed E-state index contributed by atoms with van der Waals surface area (Å²) < 4.78 is 26.5. The van der Waals surface area contributed by atoms with Crippen molar-refractivity contribution in [2.75, 3.05) is 18.0 Å². The maximum Gasteiger partial charge on any atom is 0.266 e. The maximum absolute atomic E-state index is 13.3. The van der Waals surface area contributed by atoms with Crippen molar-refractivity contribution in [3.8, 4) is 0 Å². The quantitative estimate of drug-likeness (QED) is 0.812. The third kappa shape index (κ3) is 2.05. The molecule has 0 saturated carbocycles. The lowest BCUT2D eigenvalue weighted by Gasteiger charge is -2.14. The van der Waals surface area contributed by atoms with Crippen LogP contribution in [0.15, 0.2) is 12.2 Å². The largest absolute Gasteiger partial charge is 0.348 e. The Balaban J connectivity index is 2.03. The molecule has 1 N–H and O–H groups in total. The maximum atomic E-state index is 13.3. The van der Waals surface area contributed by atoms with E-state index in [4.69, 9.17) is 0 Å². The van der Waals surface area contributed by atoms with Crippen LogP contribution in [-0.4, -0.2) is 29.2 Å². The molecule has 3 nitrogen and oxygen atoms in total. The summed E-state index contributed by atoms with van der Waals surface area (Å²) in [5, 5.41) is 9.00. The molecule has 3 rings (SSSR count). The summed E-state index contributed by atoms with van der Waals surface area (Å²) in [4.78, 5) is 1.66. The molecular formula is C13H15F2N3. The lowest BCUT2D eigenvalue weighted by Crippen LogP contribution is -2.32. The van der Waals surface area contributed by atoms with Crippen LogP contribution < -0.4 is 15.5 Å². The normalized spacial score (nSPS) is 21.8. The summed E-state index contributed by atoms with van der Waals surface area (Å²) in [6.07, 6.45) is 9.91. The molecule has 1 aliphatic heterocycles. The highest BCUT2D eigenvalue weighted by molar-refractivity contribution is 5.52. The minimum atomic E-state index is -2.59. The number of rotatable bonds is 1. The molecule has 0 atom stereocenters. The van der Waals surface area contributed by atoms with Gasteiger partial charge in [-0.25, -0.2) is 8.78 Å². The number of aromatic amines is 1. The average Bonchev–Trinajstić information content (AvgIpc) is 2.82. The fourth-order valence-electron chi connectivity index (χ4n) is 2.42. The molecule has 96 valence electrons. The van der Waals surface area contributed by atoms with Crippen LogP contribution in [-0.2, 0) is 0 Å². The van der Waals surface area contributed by atoms with Crippen molar-refractivity contribution >= 4 is 18.0 Å². The van der Waals surface area contributed by atoms with E-state index >= 15 is 0 Å². The Morgan fingerprint density at radius 3 is 3.00 bits per heavy atom. The summed E-state index contributed by atoms with van der Waals surface area (Å²) in [5.74, 6) is -1.95. The van der Waals surface area contributed by atoms with E-state index in [1.165, 1.54) is 0 Å². The number of anilines is 1. The molecule has 1 aromatic rings. The van der Waals surface area contributed by atoms with Gasteiger partial charge >= 0.3 is 0 Å². The summed E-state index contributed by atoms with van der Waals surface area (Å²) in [7, 11) is 0. The van der Waals surface area contributed by atoms with Crippen molar-refractivity contribution in [1.82, 2.24) is 10.2 Å². The number of aromatic nitrogens is 2. The second kappa shape index (κ2) is 4.23. The SMILES string of the molecule is FC1(F)CCN(c2n[nH]c3c2=CC=CCCC=3)C1. The summed E-state index contributed by atoms with van der Waals surface area (Å²) in [6.45, 7) is 0.129. The molecule has 1 aromatic heterocycles. The highest BCUT2D eigenvalue weighted by Crippen LogP contribution is 2.28. The molecule has 0 bridgehead atoms. The summed E-state index contributed by atoms with van der Waals surface area (Å²) >= 11 is 0. The predicted molar refractivity (Wildman–Crippen MR) is 66.9 cm³/mol. The van der Waals surface area contributed by atoms with Gasteiger partial charge in [-0.3, -0.25) is 5.10 Å². The first-order chi connectivity index (χ1) is 8.66. The first-order valence-corrected chi connectivity index (χ1v) is 6.20. The Bertz CT molecular complexity index is 586. The molecule has 0 aromatic carbocycles. The average molecular weight is 251 g/mol. The van der Waals surface area contributed by atoms with Gasteiger partial charge in [0.25, 0.3) is 5.92 Å². The predicted octanol–water partition coefficient (Wildman–Crippen LogP) is 1.17. The van der Waals surface area contributed by atoms with Gasteiger partial charge in [0.1, 0.15) is 0 Å². The fourth-order valence-corrected chi connectivity index (χ4v) is 2.42. The number of nitrogens with zero attached hydrogens (tertiary/aromatic N) is 2. The topological polar surface area (TPSA) is 31.9 Å². The number of allylic oxidation sites excluding steroid dienone is 2. The molecule has 1 aliphatic carbocycles. The number of H-pyrrole nitrogens is 1. The minimum Gasteiger partial charge on any atom is -0.348 e. The zero-order valence-corrected chi connectivity index (χ0v) is 10.00. The van der Waals surface area contributed by atoms with Gasteiger partial charge in [0.2, 0.25) is 0 Å². The number of hydrogen-bond donors (Lipinski definition) is 1. The monoisotopic (exact) mass is 251 g/mol. The van der Waals surface area contributed by atoms with E-state index in [9.17, 15) is 8.78 Å². The smallest absolute Gasteiger partial charge is 0.266 e. The lowest BCUT2D eigenvalue weighted by molar-refractivity contribution is 0.0256. The first kappa shape index (κ1) is 11.4. The van der Waals surface area contributed by atoms with E-state index in [0.29, 0.717) is 12.4 Å². The molecule has 18 heavy (non-hydrogen) atoms. The number of halogens is 2. The van der Waals surface area contributed by atoms with Gasteiger partial charge in [0.15, 0.2) is 5.82 Å². The van der Waals surface area contributed by atoms with E-state index in [1.807, 2.05) is 12.2 Å². The van der Waals surface area contributed by atoms with Crippen molar-refractivity contribution < 1.29 is 8.78 Å². The first-order valence-electron chi connectivity index (χ1n) is 6.20. The van der Waals surface area contributed by atoms with Gasteiger partial charge in [-0.05, 0) is 18.9 Å². The molecule has 1 saturated heterocycles. The Hall–Kier alpha value is -1.65. The number of hydrogen-bond acceptors (Lipinski definition) is 2. The van der Waals surface area contributed by atoms with E-state index < -0.39 is 5.92 Å². The zero-order chi connectivity index (χ0) is 12.6. The summed E-state index contributed by atoms with van der Waals surface area (Å²) in [5.41, 5.74) is 0. The van der Waals surface area contributed by atoms with Crippen LogP contribution in [0.5, 0.6) is 0 Å². The lowest BCUT2D eigenvalue weighted by atomic mass is 10.2. The van der Waals surface area contributed by atoms with Gasteiger partial charge in [-0.1, -0.05) is 18.2 Å². The van der Waals surface area contributed by atoms with Crippen molar-refractivity contribution in [3.05, 3.63) is 22.7 Å². The molecule has 0 spiro atoms. The fraction of sp³-hybridized carbons (Fsp3) is 0.462. The molecule has 0 radical (unpaired) electrons. The number of alkyl halides is 2. The van der Waals surface area contributed by atoms with Gasteiger partial charge in [-0.15, -0.1) is 0 Å². The van der Waals surface area contributed by atoms with Crippen LogP contribution in [0.25, 0.3) is 12.2 Å². The van der Waals surface area contributed by atoms with Crippen LogP contribution in [0.4, 0.5) is 14.6 Å². The molecule has 2 aliphatic rings. The standard InChI is InChI=1S/C13H15F2N3/c14-13(15)7-8-18(9-13)12-10-5-3-1-2-4-6-11(10)16-17-12/h1,3,5-6,16H,2,4,7-9H2. The van der Waals surface area contributed by atoms with Crippen molar-refractivity contribution in [3.63, 3.8) is 0 Å². The highest BCUT2D eigenvalue weighted by Gasteiger charge is 2.39. The van der Waals surface area contributed by atoms with Crippen LogP contribution in [0.1, 0.15) is 19.3 Å². The van der Waals surface area contributed by atoms with Gasteiger partial charge < -0.3 is 4.90 Å². The van der Waals surface area contributed by atoms with Gasteiger partial charge in [0.05, 0.1) is 11.9 Å². The zero-order valence-electron chi connectivity index (χ0n) is 10.00. The number of fused-ring (bicyclic) bond motifs is 1. The Labute approximate surface area is 103 Å². The van der Waals surface area contributed by atoms with E-state index in [-0.39, 0.29) is 13.0 Å². The molecular weight excluding hydrogens is 236 g/mol. The number of nitrogens with one attached hydrogen (secondary N) is 1. The van der Waals surface area contributed by atoms with Crippen molar-refractivity contribution in [2.45, 2.75) is 25.2 Å². The molecule has 0 amide bonds. The van der Waals surface area contributed by atoms with E-state index in [0.717, 1.165) is 23.4 Å². The minimum absolute atomic E-state index is 0.0891. The second-order valence-electron chi connectivity index (χ2n) is 4.78. The second-order valence-corrected chi connectivity index (χ2v) is 4.78. The van der Waals surface area contributed by atoms with Crippen LogP contribution in [0, 0.1) is 0 Å². The molecule has 1 fully saturated rings. The van der Waals surface area contributed by atoms with Crippen molar-refractivity contribution in [1.29, 1.82) is 0 Å². The van der Waals surface area contributed by atoms with E-state index in [2.05, 4.69) is 22.3 Å². The Morgan fingerprint density at radius 2 is 2.22 bits per heavy atom. The Kier molecular flexibility index (Phi) is 2.69. The summed E-state index contributed by atoms with van der Waals surface area (Å²) in [6, 6.07) is 0. The molecule has 5 heteroatoms. The molecule has 2 heterocycles. The van der Waals surface area contributed by atoms with E-state index in [1.54, 1.807) is 4.90 Å². The van der Waals surface area contributed by atoms with Crippen LogP contribution in [0.3, 0.4) is 0 Å².